The average Bonchev–Trinajstić information content (AvgIpc) is 2.96. The van der Waals surface area contributed by atoms with Crippen LogP contribution in [0.25, 0.3) is 0 Å². The lowest BCUT2D eigenvalue weighted by molar-refractivity contribution is 0.0745. The molecule has 0 spiro atoms. The molecule has 2 saturated heterocycles. The number of halogens is 1. The number of piperazine rings is 1. The number of rotatable bonds is 6. The number of anilines is 3. The van der Waals surface area contributed by atoms with Crippen molar-refractivity contribution in [3.8, 4) is 0 Å². The largest absolute Gasteiger partial charge is 0.382 e. The predicted octanol–water partition coefficient (Wildman–Crippen LogP) is 5.06. The van der Waals surface area contributed by atoms with Crippen LogP contribution in [0.15, 0.2) is 47.6 Å². The zero-order valence-electron chi connectivity index (χ0n) is 22.8. The summed E-state index contributed by atoms with van der Waals surface area (Å²) >= 11 is 7.59. The van der Waals surface area contributed by atoms with Gasteiger partial charge in [-0.25, -0.2) is 9.97 Å². The van der Waals surface area contributed by atoms with Gasteiger partial charge in [0, 0.05) is 69.0 Å². The first-order chi connectivity index (χ1) is 18.9. The standard InChI is InChI=1S/C29H36ClN7OS/c1-19-18-20(2)26(34-22-8-12-35(13-9-22)27-23(30)6-4-10-32-27)21(3)25(19)29(38)37-16-14-36(15-17-37)28-24(39-31)7-5-11-33-28/h4-7,10-11,18,22,34H,8-9,12-17,31H2,1-3H3. The second kappa shape index (κ2) is 12.0. The Balaban J connectivity index is 1.26. The molecule has 3 N–H and O–H groups in total. The molecule has 0 unspecified atom stereocenters. The van der Waals surface area contributed by atoms with Gasteiger partial charge in [0.05, 0.1) is 9.92 Å². The molecule has 39 heavy (non-hydrogen) atoms. The lowest BCUT2D eigenvalue weighted by atomic mass is 9.94. The van der Waals surface area contributed by atoms with Gasteiger partial charge in [-0.15, -0.1) is 0 Å². The third-order valence-corrected chi connectivity index (χ3v) is 8.68. The molecule has 0 saturated carbocycles. The monoisotopic (exact) mass is 565 g/mol. The van der Waals surface area contributed by atoms with E-state index in [-0.39, 0.29) is 5.91 Å². The number of carbonyl (C=O) groups excluding carboxylic acids is 1. The van der Waals surface area contributed by atoms with Crippen molar-refractivity contribution >= 4 is 46.8 Å². The Morgan fingerprint density at radius 2 is 1.59 bits per heavy atom. The summed E-state index contributed by atoms with van der Waals surface area (Å²) in [7, 11) is 0. The summed E-state index contributed by atoms with van der Waals surface area (Å²) in [5.74, 6) is 1.85. The van der Waals surface area contributed by atoms with Crippen molar-refractivity contribution in [3.63, 3.8) is 0 Å². The number of amides is 1. The molecule has 206 valence electrons. The number of nitrogens with one attached hydrogen (secondary N) is 1. The molecule has 0 atom stereocenters. The van der Waals surface area contributed by atoms with E-state index in [4.69, 9.17) is 16.7 Å². The lowest BCUT2D eigenvalue weighted by Crippen LogP contribution is -2.49. The molecule has 5 rings (SSSR count). The van der Waals surface area contributed by atoms with Crippen molar-refractivity contribution in [2.24, 2.45) is 5.14 Å². The number of aryl methyl sites for hydroxylation is 2. The van der Waals surface area contributed by atoms with Crippen LogP contribution in [0.1, 0.15) is 39.9 Å². The van der Waals surface area contributed by atoms with Crippen LogP contribution in [-0.4, -0.2) is 66.1 Å². The van der Waals surface area contributed by atoms with E-state index in [2.05, 4.69) is 45.0 Å². The van der Waals surface area contributed by atoms with Crippen LogP contribution in [0, 0.1) is 20.8 Å². The van der Waals surface area contributed by atoms with E-state index in [9.17, 15) is 4.79 Å². The average molecular weight is 566 g/mol. The van der Waals surface area contributed by atoms with Crippen molar-refractivity contribution < 1.29 is 4.79 Å². The number of aromatic nitrogens is 2. The minimum absolute atomic E-state index is 0.0988. The smallest absolute Gasteiger partial charge is 0.254 e. The maximum absolute atomic E-state index is 13.8. The predicted molar refractivity (Wildman–Crippen MR) is 161 cm³/mol. The highest BCUT2D eigenvalue weighted by Gasteiger charge is 2.28. The number of piperidine rings is 1. The van der Waals surface area contributed by atoms with E-state index < -0.39 is 0 Å². The highest BCUT2D eigenvalue weighted by atomic mass is 35.5. The molecule has 0 radical (unpaired) electrons. The molecule has 8 nitrogen and oxygen atoms in total. The second-order valence-corrected chi connectivity index (χ2v) is 11.4. The number of pyridine rings is 2. The fourth-order valence-corrected chi connectivity index (χ4v) is 6.46. The Kier molecular flexibility index (Phi) is 8.49. The van der Waals surface area contributed by atoms with Crippen LogP contribution in [0.4, 0.5) is 17.3 Å². The Hall–Kier alpha value is -3.01. The number of nitrogens with two attached hydrogens (primary N) is 1. The minimum Gasteiger partial charge on any atom is -0.382 e. The van der Waals surface area contributed by atoms with E-state index >= 15 is 0 Å². The second-order valence-electron chi connectivity index (χ2n) is 10.3. The van der Waals surface area contributed by atoms with Crippen molar-refractivity contribution in [2.75, 3.05) is 54.4 Å². The first kappa shape index (κ1) is 27.6. The number of nitrogens with zero attached hydrogens (tertiary/aromatic N) is 5. The maximum atomic E-state index is 13.8. The fraction of sp³-hybridized carbons (Fsp3) is 0.414. The Morgan fingerprint density at radius 1 is 0.949 bits per heavy atom. The highest BCUT2D eigenvalue weighted by molar-refractivity contribution is 7.97. The molecule has 2 aliphatic rings. The SMILES string of the molecule is Cc1cc(C)c(C(=O)N2CCN(c3ncccc3SN)CC2)c(C)c1NC1CCN(c2ncccc2Cl)CC1. The molecule has 1 amide bonds. The zero-order chi connectivity index (χ0) is 27.5. The molecule has 4 heterocycles. The normalized spacial score (nSPS) is 16.5. The molecule has 2 aromatic heterocycles. The fourth-order valence-electron chi connectivity index (χ4n) is 5.78. The maximum Gasteiger partial charge on any atom is 0.254 e. The Morgan fingerprint density at radius 3 is 2.26 bits per heavy atom. The van der Waals surface area contributed by atoms with Crippen molar-refractivity contribution in [1.29, 1.82) is 0 Å². The van der Waals surface area contributed by atoms with Crippen LogP contribution < -0.4 is 20.3 Å². The summed E-state index contributed by atoms with van der Waals surface area (Å²) in [4.78, 5) is 30.2. The van der Waals surface area contributed by atoms with Crippen LogP contribution >= 0.6 is 23.5 Å². The van der Waals surface area contributed by atoms with Gasteiger partial charge in [0.25, 0.3) is 5.91 Å². The lowest BCUT2D eigenvalue weighted by Gasteiger charge is -2.37. The molecule has 3 aromatic rings. The topological polar surface area (TPSA) is 90.6 Å². The molecule has 2 aliphatic heterocycles. The summed E-state index contributed by atoms with van der Waals surface area (Å²) in [6.45, 7) is 10.8. The summed E-state index contributed by atoms with van der Waals surface area (Å²) in [6.07, 6.45) is 5.53. The summed E-state index contributed by atoms with van der Waals surface area (Å²) < 4.78 is 0. The number of benzene rings is 1. The molecule has 2 fully saturated rings. The van der Waals surface area contributed by atoms with E-state index in [1.54, 1.807) is 12.4 Å². The van der Waals surface area contributed by atoms with Crippen molar-refractivity contribution in [3.05, 3.63) is 70.0 Å². The number of hydrogen-bond acceptors (Lipinski definition) is 8. The van der Waals surface area contributed by atoms with E-state index in [1.165, 1.54) is 17.5 Å². The molecular weight excluding hydrogens is 530 g/mol. The molecule has 10 heteroatoms. The third-order valence-electron chi connectivity index (χ3n) is 7.81. The van der Waals surface area contributed by atoms with Crippen LogP contribution in [-0.2, 0) is 0 Å². The first-order valence-electron chi connectivity index (χ1n) is 13.5. The van der Waals surface area contributed by atoms with E-state index in [1.807, 2.05) is 36.1 Å². The Labute approximate surface area is 240 Å². The summed E-state index contributed by atoms with van der Waals surface area (Å²) in [5, 5.41) is 10.3. The van der Waals surface area contributed by atoms with Crippen LogP contribution in [0.5, 0.6) is 0 Å². The third kappa shape index (κ3) is 5.81. The van der Waals surface area contributed by atoms with Gasteiger partial charge in [0.2, 0.25) is 0 Å². The van der Waals surface area contributed by atoms with Crippen molar-refractivity contribution in [1.82, 2.24) is 14.9 Å². The first-order valence-corrected chi connectivity index (χ1v) is 14.7. The Bertz CT molecular complexity index is 1340. The summed E-state index contributed by atoms with van der Waals surface area (Å²) in [5.41, 5.74) is 5.11. The quantitative estimate of drug-likeness (QED) is 0.401. The van der Waals surface area contributed by atoms with Gasteiger partial charge in [0.15, 0.2) is 0 Å². The number of carbonyl (C=O) groups is 1. The van der Waals surface area contributed by atoms with Gasteiger partial charge in [0.1, 0.15) is 11.6 Å². The van der Waals surface area contributed by atoms with Crippen LogP contribution in [0.3, 0.4) is 0 Å². The molecular formula is C29H36ClN7OS. The summed E-state index contributed by atoms with van der Waals surface area (Å²) in [6, 6.07) is 10.1. The molecule has 0 bridgehead atoms. The highest BCUT2D eigenvalue weighted by Crippen LogP contribution is 2.32. The molecule has 1 aromatic carbocycles. The number of hydrogen-bond donors (Lipinski definition) is 2. The van der Waals surface area contributed by atoms with E-state index in [0.717, 1.165) is 77.9 Å². The van der Waals surface area contributed by atoms with Gasteiger partial charge < -0.3 is 20.0 Å². The van der Waals surface area contributed by atoms with E-state index in [0.29, 0.717) is 24.2 Å². The van der Waals surface area contributed by atoms with Crippen molar-refractivity contribution in [2.45, 2.75) is 44.6 Å². The zero-order valence-corrected chi connectivity index (χ0v) is 24.4. The minimum atomic E-state index is 0.0988. The van der Waals surface area contributed by atoms with Crippen LogP contribution in [0.2, 0.25) is 5.02 Å². The van der Waals surface area contributed by atoms with Gasteiger partial charge in [-0.3, -0.25) is 9.93 Å². The van der Waals surface area contributed by atoms with Gasteiger partial charge in [-0.1, -0.05) is 17.7 Å². The van der Waals surface area contributed by atoms with Gasteiger partial charge in [-0.2, -0.15) is 0 Å². The van der Waals surface area contributed by atoms with Gasteiger partial charge in [-0.05, 0) is 86.5 Å². The van der Waals surface area contributed by atoms with Gasteiger partial charge >= 0.3 is 0 Å². The molecule has 0 aliphatic carbocycles.